The van der Waals surface area contributed by atoms with Gasteiger partial charge in [0.05, 0.1) is 0 Å². The minimum atomic E-state index is -1.34. The molecule has 0 fully saturated rings. The summed E-state index contributed by atoms with van der Waals surface area (Å²) in [6.45, 7) is 0. The average Bonchev–Trinajstić information content (AvgIpc) is 3.64. The smallest absolute Gasteiger partial charge is 0.326 e. The predicted octanol–water partition coefficient (Wildman–Crippen LogP) is 3.54. The first-order chi connectivity index (χ1) is 25.0. The van der Waals surface area contributed by atoms with E-state index in [4.69, 9.17) is 0 Å². The molecule has 0 unspecified atom stereocenters. The van der Waals surface area contributed by atoms with Gasteiger partial charge in [-0.1, -0.05) is 76.6 Å². The normalized spacial score (nSPS) is 20.8. The van der Waals surface area contributed by atoms with Crippen LogP contribution in [-0.4, -0.2) is 64.8 Å². The molecule has 14 heteroatoms. The lowest BCUT2D eigenvalue weighted by Gasteiger charge is -2.26. The zero-order valence-electron chi connectivity index (χ0n) is 28.0. The van der Waals surface area contributed by atoms with E-state index >= 15 is 0 Å². The molecule has 4 atom stereocenters. The number of carboxylic acid groups (broad SMARTS) is 1. The second kappa shape index (κ2) is 18.2. The Bertz CT molecular complexity index is 1870. The van der Waals surface area contributed by atoms with E-state index < -0.39 is 59.7 Å². The lowest BCUT2D eigenvalue weighted by atomic mass is 10.0. The van der Waals surface area contributed by atoms with Crippen molar-refractivity contribution in [3.8, 4) is 0 Å². The number of halogens is 1. The molecule has 0 radical (unpaired) electrons. The Morgan fingerprint density at radius 1 is 0.654 bits per heavy atom. The van der Waals surface area contributed by atoms with Crippen LogP contribution in [0.2, 0.25) is 0 Å². The molecule has 12 nitrogen and oxygen atoms in total. The van der Waals surface area contributed by atoms with Crippen molar-refractivity contribution in [2.45, 2.75) is 62.7 Å². The number of rotatable bonds is 7. The maximum absolute atomic E-state index is 14.1. The van der Waals surface area contributed by atoms with Crippen LogP contribution >= 0.6 is 27.3 Å². The molecular formula is C38H38BrN5O7S. The summed E-state index contributed by atoms with van der Waals surface area (Å²) in [5.41, 5.74) is 2.44. The number of hydrogen-bond donors (Lipinski definition) is 6. The molecule has 52 heavy (non-hydrogen) atoms. The standard InChI is InChI=1S/C38H38BrN5O7S/c39-26-12-8-24(9-13-26)20-30-35(47)42-29(19-23-5-2-1-3-6-23)36(48)44-32(38(50)51)21-25-10-14-27(15-11-25)40-33(45)16-17-34(46)41-31(37(49)43-30)22-28-7-4-18-52-28/h1-15,18,29-32H,16-17,19-22H2,(H,40,45)(H,41,46)(H,42,47)(H,43,49)(H,44,48)(H,50,51)/t29-,30+,31-,32-/m1/s1. The highest BCUT2D eigenvalue weighted by atomic mass is 79.9. The van der Waals surface area contributed by atoms with E-state index in [0.717, 1.165) is 9.35 Å². The molecule has 0 aliphatic carbocycles. The van der Waals surface area contributed by atoms with Crippen molar-refractivity contribution >= 4 is 68.5 Å². The van der Waals surface area contributed by atoms with E-state index in [9.17, 15) is 33.9 Å². The third kappa shape index (κ3) is 11.3. The molecule has 0 spiro atoms. The quantitative estimate of drug-likeness (QED) is 0.155. The summed E-state index contributed by atoms with van der Waals surface area (Å²) in [6.07, 6.45) is -0.222. The monoisotopic (exact) mass is 787 g/mol. The van der Waals surface area contributed by atoms with E-state index in [0.29, 0.717) is 22.4 Å². The van der Waals surface area contributed by atoms with E-state index in [-0.39, 0.29) is 38.5 Å². The van der Waals surface area contributed by atoms with Gasteiger partial charge in [-0.05, 0) is 52.4 Å². The van der Waals surface area contributed by atoms with Crippen LogP contribution in [0.25, 0.3) is 0 Å². The van der Waals surface area contributed by atoms with Gasteiger partial charge in [0.2, 0.25) is 29.5 Å². The summed E-state index contributed by atoms with van der Waals surface area (Å²) in [6, 6.07) is 21.4. The third-order valence-corrected chi connectivity index (χ3v) is 9.84. The summed E-state index contributed by atoms with van der Waals surface area (Å²) in [5.74, 6) is -4.28. The number of aliphatic carboxylic acids is 1. The van der Waals surface area contributed by atoms with E-state index in [2.05, 4.69) is 42.5 Å². The molecule has 2 aliphatic heterocycles. The zero-order valence-corrected chi connectivity index (χ0v) is 30.4. The van der Waals surface area contributed by atoms with Gasteiger partial charge in [0.25, 0.3) is 0 Å². The van der Waals surface area contributed by atoms with Gasteiger partial charge in [0.15, 0.2) is 0 Å². The Hall–Kier alpha value is -5.34. The number of anilines is 1. The Balaban J connectivity index is 1.50. The lowest BCUT2D eigenvalue weighted by Crippen LogP contribution is -2.59. The number of carboxylic acids is 1. The van der Waals surface area contributed by atoms with Crippen molar-refractivity contribution in [1.29, 1.82) is 0 Å². The number of carbonyl (C=O) groups excluding carboxylic acids is 5. The van der Waals surface area contributed by atoms with Gasteiger partial charge in [-0.2, -0.15) is 0 Å². The highest BCUT2D eigenvalue weighted by molar-refractivity contribution is 9.10. The van der Waals surface area contributed by atoms with E-state index in [1.807, 2.05) is 23.6 Å². The van der Waals surface area contributed by atoms with Crippen LogP contribution < -0.4 is 26.6 Å². The molecular weight excluding hydrogens is 750 g/mol. The summed E-state index contributed by atoms with van der Waals surface area (Å²) in [5, 5.41) is 25.5. The molecule has 4 aromatic rings. The van der Waals surface area contributed by atoms with Gasteiger partial charge in [-0.25, -0.2) is 4.79 Å². The van der Waals surface area contributed by atoms with Crippen LogP contribution in [0.3, 0.4) is 0 Å². The number of amides is 5. The van der Waals surface area contributed by atoms with Crippen LogP contribution in [0.4, 0.5) is 5.69 Å². The van der Waals surface area contributed by atoms with Crippen molar-refractivity contribution in [2.24, 2.45) is 0 Å². The fourth-order valence-corrected chi connectivity index (χ4v) is 6.67. The fraction of sp³-hybridized carbons (Fsp3) is 0.263. The first kappa shape index (κ1) is 37.9. The number of hydrogen-bond acceptors (Lipinski definition) is 7. The minimum absolute atomic E-state index is 0.0369. The number of benzene rings is 3. The largest absolute Gasteiger partial charge is 0.480 e. The minimum Gasteiger partial charge on any atom is -0.480 e. The molecule has 270 valence electrons. The highest BCUT2D eigenvalue weighted by Gasteiger charge is 2.32. The summed E-state index contributed by atoms with van der Waals surface area (Å²) in [7, 11) is 0. The fourth-order valence-electron chi connectivity index (χ4n) is 5.66. The van der Waals surface area contributed by atoms with Crippen molar-refractivity contribution in [1.82, 2.24) is 21.3 Å². The maximum Gasteiger partial charge on any atom is 0.326 e. The van der Waals surface area contributed by atoms with E-state index in [1.165, 1.54) is 11.3 Å². The van der Waals surface area contributed by atoms with Crippen LogP contribution in [0.1, 0.15) is 34.4 Å². The van der Waals surface area contributed by atoms with E-state index in [1.54, 1.807) is 72.8 Å². The molecule has 6 N–H and O–H groups in total. The van der Waals surface area contributed by atoms with Crippen molar-refractivity contribution in [2.75, 3.05) is 5.32 Å². The Morgan fingerprint density at radius 2 is 1.23 bits per heavy atom. The highest BCUT2D eigenvalue weighted by Crippen LogP contribution is 2.16. The predicted molar refractivity (Wildman–Crippen MR) is 199 cm³/mol. The van der Waals surface area contributed by atoms with Gasteiger partial charge in [-0.15, -0.1) is 11.3 Å². The Kier molecular flexibility index (Phi) is 13.3. The van der Waals surface area contributed by atoms with Crippen molar-refractivity contribution in [3.05, 3.63) is 122 Å². The molecule has 3 aromatic carbocycles. The van der Waals surface area contributed by atoms with Gasteiger partial charge < -0.3 is 31.7 Å². The molecule has 2 bridgehead atoms. The second-order valence-corrected chi connectivity index (χ2v) is 14.3. The average molecular weight is 789 g/mol. The van der Waals surface area contributed by atoms with Crippen LogP contribution in [0.5, 0.6) is 0 Å². The molecule has 1 aromatic heterocycles. The molecule has 6 rings (SSSR count). The van der Waals surface area contributed by atoms with Crippen molar-refractivity contribution in [3.63, 3.8) is 0 Å². The molecule has 3 heterocycles. The summed E-state index contributed by atoms with van der Waals surface area (Å²) in [4.78, 5) is 80.9. The topological polar surface area (TPSA) is 183 Å². The van der Waals surface area contributed by atoms with Gasteiger partial charge in [-0.3, -0.25) is 24.0 Å². The second-order valence-electron chi connectivity index (χ2n) is 12.4. The van der Waals surface area contributed by atoms with Crippen LogP contribution in [0.15, 0.2) is 101 Å². The summed E-state index contributed by atoms with van der Waals surface area (Å²) < 4.78 is 0.813. The number of carbonyl (C=O) groups is 6. The zero-order chi connectivity index (χ0) is 37.0. The first-order valence-corrected chi connectivity index (χ1v) is 18.3. The SMILES string of the molecule is O=C1CCC(=O)N[C@H](Cc2cccs2)C(=O)N[C@@H](Cc2ccc(Br)cc2)C(=O)N[C@H](Cc2ccccc2)C(=O)N[C@@H](C(=O)O)Cc2ccc(cc2)N1. The Morgan fingerprint density at radius 3 is 1.83 bits per heavy atom. The molecule has 5 amide bonds. The lowest BCUT2D eigenvalue weighted by molar-refractivity contribution is -0.142. The van der Waals surface area contributed by atoms with Crippen LogP contribution in [0, 0.1) is 0 Å². The molecule has 2 aliphatic rings. The van der Waals surface area contributed by atoms with Gasteiger partial charge in [0, 0.05) is 53.6 Å². The number of fused-ring (bicyclic) bond motifs is 18. The van der Waals surface area contributed by atoms with Gasteiger partial charge in [0.1, 0.15) is 24.2 Å². The first-order valence-electron chi connectivity index (χ1n) is 16.6. The molecule has 0 saturated heterocycles. The number of thiophene rings is 1. The molecule has 0 saturated carbocycles. The Labute approximate surface area is 312 Å². The van der Waals surface area contributed by atoms with Crippen LogP contribution in [-0.2, 0) is 54.5 Å². The summed E-state index contributed by atoms with van der Waals surface area (Å²) >= 11 is 4.81. The third-order valence-electron chi connectivity index (χ3n) is 8.41. The number of nitrogens with one attached hydrogen (secondary N) is 5. The van der Waals surface area contributed by atoms with Crippen molar-refractivity contribution < 1.29 is 33.9 Å². The maximum atomic E-state index is 14.1. The van der Waals surface area contributed by atoms with Gasteiger partial charge >= 0.3 is 5.97 Å².